The van der Waals surface area contributed by atoms with Crippen molar-refractivity contribution in [2.24, 2.45) is 17.8 Å². The van der Waals surface area contributed by atoms with Gasteiger partial charge in [-0.15, -0.1) is 5.10 Å². The van der Waals surface area contributed by atoms with E-state index in [2.05, 4.69) is 35.8 Å². The van der Waals surface area contributed by atoms with Gasteiger partial charge in [0.25, 0.3) is 0 Å². The monoisotopic (exact) mass is 219 g/mol. The van der Waals surface area contributed by atoms with Gasteiger partial charge in [0.05, 0.1) is 11.4 Å². The molecular weight excluding hydrogens is 198 g/mol. The predicted molar refractivity (Wildman–Crippen MR) is 63.2 cm³/mol. The maximum Gasteiger partial charge on any atom is 0.0859 e. The SMILES string of the molecule is CC(C)n1nnc2c1CCC1C(CC2)[C@H]1C. The molecule has 2 aliphatic carbocycles. The summed E-state index contributed by atoms with van der Waals surface area (Å²) in [5.41, 5.74) is 2.68. The minimum absolute atomic E-state index is 0.447. The van der Waals surface area contributed by atoms with E-state index >= 15 is 0 Å². The van der Waals surface area contributed by atoms with Crippen LogP contribution in [-0.4, -0.2) is 15.0 Å². The zero-order chi connectivity index (χ0) is 11.3. The molecule has 1 aromatic heterocycles. The van der Waals surface area contributed by atoms with E-state index < -0.39 is 0 Å². The molecule has 1 saturated carbocycles. The van der Waals surface area contributed by atoms with Gasteiger partial charge in [0.2, 0.25) is 0 Å². The molecule has 0 amide bonds. The van der Waals surface area contributed by atoms with Gasteiger partial charge in [-0.1, -0.05) is 12.1 Å². The van der Waals surface area contributed by atoms with Crippen molar-refractivity contribution in [2.75, 3.05) is 0 Å². The van der Waals surface area contributed by atoms with Crippen LogP contribution in [0.3, 0.4) is 0 Å². The third-order valence-corrected chi connectivity index (χ3v) is 4.55. The first-order valence-electron chi connectivity index (χ1n) is 6.61. The standard InChI is InChI=1S/C13H21N3/c1-8(2)16-13-7-5-11-9(3)10(11)4-6-12(13)14-15-16/h8-11H,4-7H2,1-3H3/t9-,10?,11?/m1/s1. The summed E-state index contributed by atoms with van der Waals surface area (Å²) >= 11 is 0. The number of aryl methyl sites for hydroxylation is 1. The van der Waals surface area contributed by atoms with E-state index in [1.54, 1.807) is 0 Å². The molecule has 3 atom stereocenters. The third-order valence-electron chi connectivity index (χ3n) is 4.55. The van der Waals surface area contributed by atoms with Crippen LogP contribution in [0, 0.1) is 17.8 Å². The Hall–Kier alpha value is -0.860. The minimum Gasteiger partial charge on any atom is -0.247 e. The average Bonchev–Trinajstić information content (AvgIpc) is 2.67. The van der Waals surface area contributed by atoms with Crippen molar-refractivity contribution in [3.63, 3.8) is 0 Å². The summed E-state index contributed by atoms with van der Waals surface area (Å²) in [6.07, 6.45) is 5.01. The first-order chi connectivity index (χ1) is 7.68. The fourth-order valence-corrected chi connectivity index (χ4v) is 3.41. The molecule has 3 heteroatoms. The van der Waals surface area contributed by atoms with Crippen molar-refractivity contribution < 1.29 is 0 Å². The summed E-state index contributed by atoms with van der Waals surface area (Å²) in [6.45, 7) is 6.79. The highest BCUT2D eigenvalue weighted by atomic mass is 15.4. The van der Waals surface area contributed by atoms with Crippen LogP contribution in [-0.2, 0) is 12.8 Å². The Labute approximate surface area is 97.2 Å². The number of fused-ring (bicyclic) bond motifs is 2. The number of nitrogens with zero attached hydrogens (tertiary/aromatic N) is 3. The first kappa shape index (κ1) is 10.3. The van der Waals surface area contributed by atoms with Gasteiger partial charge in [-0.2, -0.15) is 0 Å². The second-order valence-corrected chi connectivity index (χ2v) is 5.79. The van der Waals surface area contributed by atoms with Gasteiger partial charge in [-0.05, 0) is 57.3 Å². The van der Waals surface area contributed by atoms with Gasteiger partial charge in [-0.25, -0.2) is 4.68 Å². The van der Waals surface area contributed by atoms with Crippen LogP contribution in [0.4, 0.5) is 0 Å². The summed E-state index contributed by atoms with van der Waals surface area (Å²) in [7, 11) is 0. The van der Waals surface area contributed by atoms with E-state index in [4.69, 9.17) is 0 Å². The van der Waals surface area contributed by atoms with E-state index in [1.165, 1.54) is 30.7 Å². The maximum absolute atomic E-state index is 4.37. The zero-order valence-electron chi connectivity index (χ0n) is 10.5. The highest BCUT2D eigenvalue weighted by Gasteiger charge is 2.46. The van der Waals surface area contributed by atoms with Crippen molar-refractivity contribution in [2.45, 2.75) is 52.5 Å². The summed E-state index contributed by atoms with van der Waals surface area (Å²) in [6, 6.07) is 0.447. The molecule has 0 spiro atoms. The fourth-order valence-electron chi connectivity index (χ4n) is 3.41. The average molecular weight is 219 g/mol. The van der Waals surface area contributed by atoms with E-state index in [0.29, 0.717) is 6.04 Å². The van der Waals surface area contributed by atoms with Gasteiger partial charge in [0.1, 0.15) is 0 Å². The quantitative estimate of drug-likeness (QED) is 0.727. The fraction of sp³-hybridized carbons (Fsp3) is 0.846. The Kier molecular flexibility index (Phi) is 2.30. The summed E-state index contributed by atoms with van der Waals surface area (Å²) in [4.78, 5) is 0. The van der Waals surface area contributed by atoms with Gasteiger partial charge in [0, 0.05) is 6.04 Å². The minimum atomic E-state index is 0.447. The Bertz CT molecular complexity index is 394. The van der Waals surface area contributed by atoms with Crippen LogP contribution in [0.5, 0.6) is 0 Å². The highest BCUT2D eigenvalue weighted by Crippen LogP contribution is 2.52. The van der Waals surface area contributed by atoms with E-state index in [9.17, 15) is 0 Å². The van der Waals surface area contributed by atoms with Crippen LogP contribution in [0.15, 0.2) is 0 Å². The first-order valence-corrected chi connectivity index (χ1v) is 6.61. The molecule has 0 bridgehead atoms. The van der Waals surface area contributed by atoms with Gasteiger partial charge >= 0.3 is 0 Å². The zero-order valence-corrected chi connectivity index (χ0v) is 10.5. The van der Waals surface area contributed by atoms with Crippen LogP contribution < -0.4 is 0 Å². The smallest absolute Gasteiger partial charge is 0.0859 e. The van der Waals surface area contributed by atoms with E-state index in [-0.39, 0.29) is 0 Å². The molecule has 88 valence electrons. The lowest BCUT2D eigenvalue weighted by atomic mass is 10.0. The number of rotatable bonds is 1. The summed E-state index contributed by atoms with van der Waals surface area (Å²) in [5, 5.41) is 8.68. The van der Waals surface area contributed by atoms with Crippen LogP contribution in [0.2, 0.25) is 0 Å². The van der Waals surface area contributed by atoms with Crippen molar-refractivity contribution in [3.8, 4) is 0 Å². The Morgan fingerprint density at radius 3 is 2.56 bits per heavy atom. The number of aromatic nitrogens is 3. The largest absolute Gasteiger partial charge is 0.247 e. The normalized spacial score (nSPS) is 32.9. The molecule has 0 aromatic carbocycles. The number of hydrogen-bond acceptors (Lipinski definition) is 2. The molecule has 16 heavy (non-hydrogen) atoms. The second kappa shape index (κ2) is 3.57. The van der Waals surface area contributed by atoms with Gasteiger partial charge in [0.15, 0.2) is 0 Å². The lowest BCUT2D eigenvalue weighted by Crippen LogP contribution is -2.10. The summed E-state index contributed by atoms with van der Waals surface area (Å²) in [5.74, 6) is 2.94. The predicted octanol–water partition coefficient (Wildman–Crippen LogP) is 2.62. The molecule has 2 unspecified atom stereocenters. The lowest BCUT2D eigenvalue weighted by Gasteiger charge is -2.12. The van der Waals surface area contributed by atoms with Crippen molar-refractivity contribution in [1.82, 2.24) is 15.0 Å². The van der Waals surface area contributed by atoms with Crippen LogP contribution in [0.25, 0.3) is 0 Å². The van der Waals surface area contributed by atoms with Gasteiger partial charge in [-0.3, -0.25) is 0 Å². The molecule has 0 N–H and O–H groups in total. The maximum atomic E-state index is 4.37. The highest BCUT2D eigenvalue weighted by molar-refractivity contribution is 5.15. The molecule has 0 aliphatic heterocycles. The van der Waals surface area contributed by atoms with Crippen molar-refractivity contribution in [3.05, 3.63) is 11.4 Å². The molecule has 2 aliphatic rings. The van der Waals surface area contributed by atoms with E-state index in [0.717, 1.165) is 24.2 Å². The van der Waals surface area contributed by atoms with Crippen LogP contribution >= 0.6 is 0 Å². The Morgan fingerprint density at radius 1 is 1.19 bits per heavy atom. The molecule has 0 saturated heterocycles. The lowest BCUT2D eigenvalue weighted by molar-refractivity contribution is 0.481. The molecule has 1 fully saturated rings. The van der Waals surface area contributed by atoms with E-state index in [1.807, 2.05) is 0 Å². The second-order valence-electron chi connectivity index (χ2n) is 5.79. The molecule has 3 rings (SSSR count). The molecule has 1 aromatic rings. The molecule has 1 heterocycles. The summed E-state index contributed by atoms with van der Waals surface area (Å²) < 4.78 is 2.13. The van der Waals surface area contributed by atoms with Crippen molar-refractivity contribution in [1.29, 1.82) is 0 Å². The topological polar surface area (TPSA) is 30.7 Å². The third kappa shape index (κ3) is 1.48. The van der Waals surface area contributed by atoms with Crippen molar-refractivity contribution >= 4 is 0 Å². The number of hydrogen-bond donors (Lipinski definition) is 0. The van der Waals surface area contributed by atoms with Crippen LogP contribution in [0.1, 0.15) is 51.0 Å². The molecule has 0 radical (unpaired) electrons. The molecule has 3 nitrogen and oxygen atoms in total. The Morgan fingerprint density at radius 2 is 1.88 bits per heavy atom. The molecular formula is C13H21N3. The Balaban J connectivity index is 1.87. The van der Waals surface area contributed by atoms with Gasteiger partial charge < -0.3 is 0 Å².